The molecule has 0 atom stereocenters. The van der Waals surface area contributed by atoms with Crippen molar-refractivity contribution in [1.29, 1.82) is 0 Å². The Labute approximate surface area is 187 Å². The van der Waals surface area contributed by atoms with Gasteiger partial charge >= 0.3 is 0 Å². The number of pyridine rings is 1. The zero-order chi connectivity index (χ0) is 23.1. The molecule has 0 radical (unpaired) electrons. The quantitative estimate of drug-likeness (QED) is 0.454. The van der Waals surface area contributed by atoms with E-state index >= 15 is 0 Å². The first-order chi connectivity index (χ1) is 15.0. The standard InChI is InChI=1S/C24H27N7O/c1-23(2,3)18-11-14-30(28-18)20-9-7-8-16(26-20)21(32)17-10-13-25-22(27-17)31-15-12-19(29-31)24(4,5)6/h7-15H,1-6H3. The van der Waals surface area contributed by atoms with E-state index in [0.717, 1.165) is 11.4 Å². The van der Waals surface area contributed by atoms with Crippen LogP contribution in [0.1, 0.15) is 69.1 Å². The zero-order valence-electron chi connectivity index (χ0n) is 19.2. The SMILES string of the molecule is CC(C)(C)c1ccn(-c2cccc(C(=O)c3ccnc(-n4ccc(C(C)(C)C)n4)n3)n2)n1. The predicted octanol–water partition coefficient (Wildman–Crippen LogP) is 4.07. The molecular formula is C24H27N7O. The normalized spacial score (nSPS) is 12.2. The van der Waals surface area contributed by atoms with Crippen LogP contribution in [0, 0.1) is 0 Å². The average molecular weight is 430 g/mol. The second-order valence-corrected chi connectivity index (χ2v) is 9.74. The van der Waals surface area contributed by atoms with Crippen molar-refractivity contribution in [3.8, 4) is 11.8 Å². The highest BCUT2D eigenvalue weighted by Gasteiger charge is 2.20. The molecular weight excluding hydrogens is 402 g/mol. The third kappa shape index (κ3) is 4.34. The van der Waals surface area contributed by atoms with Gasteiger partial charge in [-0.05, 0) is 30.3 Å². The largest absolute Gasteiger partial charge is 0.285 e. The molecule has 0 N–H and O–H groups in total. The highest BCUT2D eigenvalue weighted by Crippen LogP contribution is 2.21. The first-order valence-corrected chi connectivity index (χ1v) is 10.5. The lowest BCUT2D eigenvalue weighted by Gasteiger charge is -2.14. The molecule has 8 heteroatoms. The Kier molecular flexibility index (Phi) is 5.24. The fraction of sp³-hybridized carbons (Fsp3) is 0.333. The van der Waals surface area contributed by atoms with Gasteiger partial charge in [-0.15, -0.1) is 0 Å². The molecule has 0 saturated heterocycles. The second-order valence-electron chi connectivity index (χ2n) is 9.74. The maximum Gasteiger partial charge on any atom is 0.251 e. The molecule has 8 nitrogen and oxygen atoms in total. The summed E-state index contributed by atoms with van der Waals surface area (Å²) in [7, 11) is 0. The minimum absolute atomic E-state index is 0.0740. The average Bonchev–Trinajstić information content (AvgIpc) is 3.43. The first kappa shape index (κ1) is 21.5. The minimum atomic E-state index is -0.290. The molecule has 4 heterocycles. The van der Waals surface area contributed by atoms with E-state index in [4.69, 9.17) is 0 Å². The number of carbonyl (C=O) groups excluding carboxylic acids is 1. The Bertz CT molecular complexity index is 1170. The number of hydrogen-bond donors (Lipinski definition) is 0. The van der Waals surface area contributed by atoms with Gasteiger partial charge in [-0.2, -0.15) is 10.2 Å². The molecule has 4 aromatic rings. The molecule has 4 rings (SSSR count). The van der Waals surface area contributed by atoms with Crippen molar-refractivity contribution in [2.24, 2.45) is 0 Å². The van der Waals surface area contributed by atoms with Crippen LogP contribution in [0.25, 0.3) is 11.8 Å². The highest BCUT2D eigenvalue weighted by molar-refractivity contribution is 6.06. The summed E-state index contributed by atoms with van der Waals surface area (Å²) in [6, 6.07) is 10.8. The molecule has 0 bridgehead atoms. The van der Waals surface area contributed by atoms with Gasteiger partial charge in [0.25, 0.3) is 5.95 Å². The Morgan fingerprint density at radius 1 is 0.750 bits per heavy atom. The smallest absolute Gasteiger partial charge is 0.251 e. The van der Waals surface area contributed by atoms with Crippen molar-refractivity contribution in [3.05, 3.63) is 77.8 Å². The van der Waals surface area contributed by atoms with E-state index in [2.05, 4.69) is 66.7 Å². The summed E-state index contributed by atoms with van der Waals surface area (Å²) in [5, 5.41) is 9.16. The summed E-state index contributed by atoms with van der Waals surface area (Å²) >= 11 is 0. The number of carbonyl (C=O) groups is 1. The lowest BCUT2D eigenvalue weighted by Crippen LogP contribution is -2.15. The van der Waals surface area contributed by atoms with Crippen LogP contribution in [-0.2, 0) is 10.8 Å². The van der Waals surface area contributed by atoms with Gasteiger partial charge in [0.15, 0.2) is 5.82 Å². The van der Waals surface area contributed by atoms with Crippen LogP contribution >= 0.6 is 0 Å². The number of aromatic nitrogens is 7. The molecule has 4 aromatic heterocycles. The molecule has 0 saturated carbocycles. The van der Waals surface area contributed by atoms with Gasteiger partial charge < -0.3 is 0 Å². The molecule has 0 amide bonds. The Morgan fingerprint density at radius 2 is 1.34 bits per heavy atom. The topological polar surface area (TPSA) is 91.4 Å². The molecule has 0 aliphatic rings. The summed E-state index contributed by atoms with van der Waals surface area (Å²) in [5.41, 5.74) is 2.24. The molecule has 0 fully saturated rings. The van der Waals surface area contributed by atoms with Crippen molar-refractivity contribution in [2.75, 3.05) is 0 Å². The molecule has 32 heavy (non-hydrogen) atoms. The van der Waals surface area contributed by atoms with Crippen molar-refractivity contribution < 1.29 is 4.79 Å². The van der Waals surface area contributed by atoms with E-state index in [1.54, 1.807) is 40.0 Å². The van der Waals surface area contributed by atoms with Gasteiger partial charge in [0.1, 0.15) is 11.4 Å². The number of ketones is 1. The third-order valence-corrected chi connectivity index (χ3v) is 5.00. The first-order valence-electron chi connectivity index (χ1n) is 10.5. The van der Waals surface area contributed by atoms with Crippen molar-refractivity contribution >= 4 is 5.78 Å². The summed E-state index contributed by atoms with van der Waals surface area (Å²) < 4.78 is 3.26. The van der Waals surface area contributed by atoms with Crippen molar-refractivity contribution in [1.82, 2.24) is 34.5 Å². The molecule has 0 aromatic carbocycles. The molecule has 164 valence electrons. The van der Waals surface area contributed by atoms with Gasteiger partial charge in [0.05, 0.1) is 11.4 Å². The summed E-state index contributed by atoms with van der Waals surface area (Å²) in [4.78, 5) is 26.4. The Hall–Kier alpha value is -3.68. The van der Waals surface area contributed by atoms with E-state index in [0.29, 0.717) is 11.8 Å². The van der Waals surface area contributed by atoms with Gasteiger partial charge in [-0.1, -0.05) is 47.6 Å². The van der Waals surface area contributed by atoms with Gasteiger partial charge in [0, 0.05) is 29.4 Å². The fourth-order valence-corrected chi connectivity index (χ4v) is 3.08. The van der Waals surface area contributed by atoms with Crippen molar-refractivity contribution in [3.63, 3.8) is 0 Å². The van der Waals surface area contributed by atoms with E-state index in [1.807, 2.05) is 24.4 Å². The Balaban J connectivity index is 1.63. The van der Waals surface area contributed by atoms with Gasteiger partial charge in [0.2, 0.25) is 5.78 Å². The molecule has 0 unspecified atom stereocenters. The number of hydrogen-bond acceptors (Lipinski definition) is 6. The van der Waals surface area contributed by atoms with E-state index in [-0.39, 0.29) is 28.0 Å². The van der Waals surface area contributed by atoms with Crippen LogP contribution in [-0.4, -0.2) is 40.3 Å². The van der Waals surface area contributed by atoms with Crippen LogP contribution in [0.5, 0.6) is 0 Å². The fourth-order valence-electron chi connectivity index (χ4n) is 3.08. The summed E-state index contributed by atoms with van der Waals surface area (Å²) in [6.07, 6.45) is 5.21. The highest BCUT2D eigenvalue weighted by atomic mass is 16.1. The molecule has 0 aliphatic heterocycles. The number of rotatable bonds is 4. The van der Waals surface area contributed by atoms with Crippen LogP contribution in [0.15, 0.2) is 55.0 Å². The third-order valence-electron chi connectivity index (χ3n) is 5.00. The predicted molar refractivity (Wildman–Crippen MR) is 121 cm³/mol. The van der Waals surface area contributed by atoms with Gasteiger partial charge in [-0.25, -0.2) is 24.3 Å². The monoisotopic (exact) mass is 429 g/mol. The van der Waals surface area contributed by atoms with Crippen LogP contribution in [0.4, 0.5) is 0 Å². The lowest BCUT2D eigenvalue weighted by atomic mass is 9.93. The Morgan fingerprint density at radius 3 is 1.97 bits per heavy atom. The maximum atomic E-state index is 13.1. The van der Waals surface area contributed by atoms with Crippen molar-refractivity contribution in [2.45, 2.75) is 52.4 Å². The minimum Gasteiger partial charge on any atom is -0.285 e. The van der Waals surface area contributed by atoms with E-state index in [1.165, 1.54) is 0 Å². The lowest BCUT2D eigenvalue weighted by molar-refractivity contribution is 0.102. The maximum absolute atomic E-state index is 13.1. The summed E-state index contributed by atoms with van der Waals surface area (Å²) in [5.74, 6) is 0.619. The summed E-state index contributed by atoms with van der Waals surface area (Å²) in [6.45, 7) is 12.6. The van der Waals surface area contributed by atoms with E-state index in [9.17, 15) is 4.79 Å². The van der Waals surface area contributed by atoms with Gasteiger partial charge in [-0.3, -0.25) is 4.79 Å². The van der Waals surface area contributed by atoms with Crippen LogP contribution in [0.3, 0.4) is 0 Å². The van der Waals surface area contributed by atoms with Crippen LogP contribution < -0.4 is 0 Å². The number of nitrogens with zero attached hydrogens (tertiary/aromatic N) is 7. The molecule has 0 aliphatic carbocycles. The zero-order valence-corrected chi connectivity index (χ0v) is 19.2. The van der Waals surface area contributed by atoms with Crippen LogP contribution in [0.2, 0.25) is 0 Å². The second kappa shape index (κ2) is 7.78. The van der Waals surface area contributed by atoms with E-state index < -0.39 is 0 Å². The molecule has 0 spiro atoms.